The van der Waals surface area contributed by atoms with E-state index < -0.39 is 0 Å². The molecule has 0 unspecified atom stereocenters. The van der Waals surface area contributed by atoms with Gasteiger partial charge in [-0.05, 0) is 24.3 Å². The highest BCUT2D eigenvalue weighted by Gasteiger charge is 2.59. The molecule has 0 aromatic heterocycles. The van der Waals surface area contributed by atoms with Gasteiger partial charge in [-0.3, -0.25) is 4.79 Å². The van der Waals surface area contributed by atoms with Crippen molar-refractivity contribution in [2.24, 2.45) is 17.8 Å². The van der Waals surface area contributed by atoms with Gasteiger partial charge in [0.05, 0.1) is 12.5 Å². The number of carbonyl (C=O) groups is 1. The van der Waals surface area contributed by atoms with Gasteiger partial charge >= 0.3 is 5.97 Å². The zero-order valence-corrected chi connectivity index (χ0v) is 8.56. The minimum Gasteiger partial charge on any atom is -0.465 e. The second kappa shape index (κ2) is 3.37. The van der Waals surface area contributed by atoms with Crippen molar-refractivity contribution in [2.45, 2.75) is 12.8 Å². The van der Waals surface area contributed by atoms with Crippen molar-refractivity contribution >= 4 is 5.97 Å². The van der Waals surface area contributed by atoms with Crippen LogP contribution in [0.4, 0.5) is 0 Å². The van der Waals surface area contributed by atoms with Crippen LogP contribution in [0.1, 0.15) is 12.0 Å². The lowest BCUT2D eigenvalue weighted by Crippen LogP contribution is -2.05. The molecule has 1 saturated heterocycles. The van der Waals surface area contributed by atoms with Crippen LogP contribution in [-0.4, -0.2) is 12.6 Å². The molecule has 2 nitrogen and oxygen atoms in total. The van der Waals surface area contributed by atoms with Gasteiger partial charge in [0.15, 0.2) is 0 Å². The molecule has 15 heavy (non-hydrogen) atoms. The van der Waals surface area contributed by atoms with Gasteiger partial charge in [-0.1, -0.05) is 30.3 Å². The lowest BCUT2D eigenvalue weighted by molar-refractivity contribution is -0.141. The van der Waals surface area contributed by atoms with E-state index in [9.17, 15) is 4.79 Å². The van der Waals surface area contributed by atoms with Gasteiger partial charge in [0, 0.05) is 5.92 Å². The van der Waals surface area contributed by atoms with E-state index in [0.717, 1.165) is 12.8 Å². The number of benzene rings is 1. The van der Waals surface area contributed by atoms with Gasteiger partial charge in [0.2, 0.25) is 0 Å². The van der Waals surface area contributed by atoms with E-state index in [-0.39, 0.29) is 11.9 Å². The summed E-state index contributed by atoms with van der Waals surface area (Å²) in [7, 11) is 0. The maximum atomic E-state index is 11.2. The summed E-state index contributed by atoms with van der Waals surface area (Å²) < 4.78 is 4.96. The molecule has 2 fully saturated rings. The third-order valence-electron chi connectivity index (χ3n) is 3.63. The first-order valence-electron chi connectivity index (χ1n) is 5.57. The molecule has 1 aliphatic carbocycles. The van der Waals surface area contributed by atoms with Crippen molar-refractivity contribution in [3.63, 3.8) is 0 Å². The van der Waals surface area contributed by atoms with Crippen LogP contribution < -0.4 is 0 Å². The summed E-state index contributed by atoms with van der Waals surface area (Å²) in [6.45, 7) is 0.670. The largest absolute Gasteiger partial charge is 0.465 e. The van der Waals surface area contributed by atoms with Crippen LogP contribution in [0.15, 0.2) is 30.3 Å². The van der Waals surface area contributed by atoms with E-state index in [0.29, 0.717) is 18.4 Å². The van der Waals surface area contributed by atoms with Crippen molar-refractivity contribution in [1.29, 1.82) is 0 Å². The Labute approximate surface area is 89.2 Å². The van der Waals surface area contributed by atoms with Crippen molar-refractivity contribution < 1.29 is 9.53 Å². The Bertz CT molecular complexity index is 371. The number of hydrogen-bond donors (Lipinski definition) is 0. The first-order chi connectivity index (χ1) is 7.36. The number of cyclic esters (lactones) is 1. The van der Waals surface area contributed by atoms with E-state index in [1.165, 1.54) is 5.56 Å². The summed E-state index contributed by atoms with van der Waals surface area (Å²) >= 11 is 0. The monoisotopic (exact) mass is 202 g/mol. The van der Waals surface area contributed by atoms with Gasteiger partial charge in [-0.15, -0.1) is 0 Å². The molecule has 0 radical (unpaired) electrons. The summed E-state index contributed by atoms with van der Waals surface area (Å²) in [5.41, 5.74) is 1.37. The molecule has 1 heterocycles. The smallest absolute Gasteiger partial charge is 0.309 e. The Hall–Kier alpha value is -1.31. The van der Waals surface area contributed by atoms with E-state index in [1.807, 2.05) is 6.07 Å². The normalized spacial score (nSPS) is 32.3. The molecular weight excluding hydrogens is 188 g/mol. The Morgan fingerprint density at radius 3 is 2.73 bits per heavy atom. The minimum absolute atomic E-state index is 0.0399. The lowest BCUT2D eigenvalue weighted by Gasteiger charge is -2.03. The number of hydrogen-bond acceptors (Lipinski definition) is 2. The van der Waals surface area contributed by atoms with Crippen molar-refractivity contribution in [1.82, 2.24) is 0 Å². The highest BCUT2D eigenvalue weighted by atomic mass is 16.5. The Kier molecular flexibility index (Phi) is 2.01. The second-order valence-corrected chi connectivity index (χ2v) is 4.51. The average molecular weight is 202 g/mol. The maximum Gasteiger partial charge on any atom is 0.309 e. The molecule has 1 saturated carbocycles. The molecule has 2 heteroatoms. The summed E-state index contributed by atoms with van der Waals surface area (Å²) in [4.78, 5) is 11.2. The molecule has 1 aliphatic heterocycles. The lowest BCUT2D eigenvalue weighted by atomic mass is 10.1. The van der Waals surface area contributed by atoms with Crippen LogP contribution in [0, 0.1) is 17.8 Å². The average Bonchev–Trinajstić information content (AvgIpc) is 2.85. The number of fused-ring (bicyclic) bond motifs is 1. The van der Waals surface area contributed by atoms with Crippen molar-refractivity contribution in [3.8, 4) is 0 Å². The Morgan fingerprint density at radius 2 is 2.07 bits per heavy atom. The SMILES string of the molecule is O=C1OC[C@@H]2[C@@H](CCc3ccccc3)[C@H]12. The standard InChI is InChI=1S/C13H14O2/c14-13-12-10(11(12)8-15-13)7-6-9-4-2-1-3-5-9/h1-5,10-12H,6-8H2/t10-,11-,12+/m1/s1. The molecule has 0 bridgehead atoms. The van der Waals surface area contributed by atoms with Gasteiger partial charge in [-0.25, -0.2) is 0 Å². The Morgan fingerprint density at radius 1 is 1.27 bits per heavy atom. The fraction of sp³-hybridized carbons (Fsp3) is 0.462. The summed E-state index contributed by atoms with van der Waals surface area (Å²) in [5.74, 6) is 1.43. The van der Waals surface area contributed by atoms with Gasteiger partial charge in [0.25, 0.3) is 0 Å². The molecule has 0 spiro atoms. The highest BCUT2D eigenvalue weighted by molar-refractivity contribution is 5.79. The molecule has 78 valence electrons. The van der Waals surface area contributed by atoms with E-state index in [4.69, 9.17) is 4.74 Å². The van der Waals surface area contributed by atoms with Crippen LogP contribution >= 0.6 is 0 Å². The summed E-state index contributed by atoms with van der Waals surface area (Å²) in [6, 6.07) is 10.5. The second-order valence-electron chi connectivity index (χ2n) is 4.51. The fourth-order valence-electron chi connectivity index (χ4n) is 2.67. The molecule has 1 aromatic carbocycles. The fourth-order valence-corrected chi connectivity index (χ4v) is 2.67. The van der Waals surface area contributed by atoms with E-state index >= 15 is 0 Å². The minimum atomic E-state index is 0.0399. The maximum absolute atomic E-state index is 11.2. The number of esters is 1. The molecule has 0 amide bonds. The topological polar surface area (TPSA) is 26.3 Å². The molecule has 1 aromatic rings. The van der Waals surface area contributed by atoms with E-state index in [1.54, 1.807) is 0 Å². The zero-order chi connectivity index (χ0) is 10.3. The van der Waals surface area contributed by atoms with Crippen molar-refractivity contribution in [2.75, 3.05) is 6.61 Å². The Balaban J connectivity index is 1.55. The first-order valence-corrected chi connectivity index (χ1v) is 5.57. The van der Waals surface area contributed by atoms with Gasteiger partial charge in [0.1, 0.15) is 0 Å². The number of ether oxygens (including phenoxy) is 1. The predicted molar refractivity (Wildman–Crippen MR) is 56.2 cm³/mol. The van der Waals surface area contributed by atoms with Gasteiger partial charge < -0.3 is 4.74 Å². The van der Waals surface area contributed by atoms with Crippen LogP contribution in [-0.2, 0) is 16.0 Å². The zero-order valence-electron chi connectivity index (χ0n) is 8.56. The van der Waals surface area contributed by atoms with Crippen molar-refractivity contribution in [3.05, 3.63) is 35.9 Å². The van der Waals surface area contributed by atoms with Crippen LogP contribution in [0.3, 0.4) is 0 Å². The third-order valence-corrected chi connectivity index (χ3v) is 3.63. The first kappa shape index (κ1) is 8.96. The van der Waals surface area contributed by atoms with Crippen LogP contribution in [0.25, 0.3) is 0 Å². The van der Waals surface area contributed by atoms with Crippen LogP contribution in [0.5, 0.6) is 0 Å². The number of carbonyl (C=O) groups excluding carboxylic acids is 1. The molecule has 0 N–H and O–H groups in total. The molecular formula is C13H14O2. The third kappa shape index (κ3) is 1.54. The quantitative estimate of drug-likeness (QED) is 0.701. The van der Waals surface area contributed by atoms with Crippen LogP contribution in [0.2, 0.25) is 0 Å². The molecule has 3 atom stereocenters. The van der Waals surface area contributed by atoms with Gasteiger partial charge in [-0.2, -0.15) is 0 Å². The predicted octanol–water partition coefficient (Wildman–Crippen LogP) is 2.04. The number of aryl methyl sites for hydroxylation is 1. The molecule has 2 aliphatic rings. The number of rotatable bonds is 3. The summed E-state index contributed by atoms with van der Waals surface area (Å²) in [5, 5.41) is 0. The summed E-state index contributed by atoms with van der Waals surface area (Å²) in [6.07, 6.45) is 2.22. The van der Waals surface area contributed by atoms with E-state index in [2.05, 4.69) is 24.3 Å². The highest BCUT2D eigenvalue weighted by Crippen LogP contribution is 2.53. The molecule has 3 rings (SSSR count).